The zero-order valence-corrected chi connectivity index (χ0v) is 12.5. The summed E-state index contributed by atoms with van der Waals surface area (Å²) in [5.41, 5.74) is 0. The zero-order valence-electron chi connectivity index (χ0n) is 12.5. The topological polar surface area (TPSA) is 94.9 Å². The molecule has 0 aliphatic carbocycles. The Balaban J connectivity index is 5.07. The minimum atomic E-state index is -1.07. The summed E-state index contributed by atoms with van der Waals surface area (Å²) < 4.78 is 0. The van der Waals surface area contributed by atoms with Crippen LogP contribution in [0.2, 0.25) is 0 Å². The van der Waals surface area contributed by atoms with Crippen molar-refractivity contribution >= 4 is 17.8 Å². The van der Waals surface area contributed by atoms with Gasteiger partial charge in [-0.2, -0.15) is 0 Å². The Morgan fingerprint density at radius 2 is 1.70 bits per heavy atom. The van der Waals surface area contributed by atoms with Crippen LogP contribution in [0.3, 0.4) is 0 Å². The van der Waals surface area contributed by atoms with Crippen LogP contribution in [0.25, 0.3) is 0 Å². The van der Waals surface area contributed by atoms with E-state index >= 15 is 0 Å². The molecule has 0 aromatic heterocycles. The molecule has 0 spiro atoms. The van der Waals surface area contributed by atoms with E-state index in [2.05, 4.69) is 0 Å². The summed E-state index contributed by atoms with van der Waals surface area (Å²) in [6.45, 7) is 5.50. The van der Waals surface area contributed by atoms with Crippen LogP contribution in [0, 0.1) is 5.92 Å². The smallest absolute Gasteiger partial charge is 0.326 e. The molecule has 0 radical (unpaired) electrons. The lowest BCUT2D eigenvalue weighted by Gasteiger charge is -2.32. The van der Waals surface area contributed by atoms with Crippen molar-refractivity contribution in [2.24, 2.45) is 5.92 Å². The van der Waals surface area contributed by atoms with E-state index in [9.17, 15) is 19.5 Å². The van der Waals surface area contributed by atoms with Crippen LogP contribution in [0.15, 0.2) is 0 Å². The highest BCUT2D eigenvalue weighted by molar-refractivity contribution is 5.84. The molecular formula is C14H25NO5. The number of hydrogen-bond donors (Lipinski definition) is 2. The first-order valence-corrected chi connectivity index (χ1v) is 7.09. The van der Waals surface area contributed by atoms with Crippen molar-refractivity contribution in [2.75, 3.05) is 6.54 Å². The molecule has 0 aromatic rings. The Morgan fingerprint density at radius 1 is 1.10 bits per heavy atom. The van der Waals surface area contributed by atoms with Gasteiger partial charge in [-0.1, -0.05) is 33.6 Å². The van der Waals surface area contributed by atoms with Crippen molar-refractivity contribution in [3.05, 3.63) is 0 Å². The van der Waals surface area contributed by atoms with Crippen molar-refractivity contribution in [3.63, 3.8) is 0 Å². The summed E-state index contributed by atoms with van der Waals surface area (Å²) in [4.78, 5) is 35.5. The van der Waals surface area contributed by atoms with Gasteiger partial charge < -0.3 is 15.1 Å². The predicted octanol–water partition coefficient (Wildman–Crippen LogP) is 1.98. The van der Waals surface area contributed by atoms with E-state index < -0.39 is 18.0 Å². The summed E-state index contributed by atoms with van der Waals surface area (Å²) in [5, 5.41) is 18.1. The lowest BCUT2D eigenvalue weighted by Crippen LogP contribution is -2.49. The second-order valence-electron chi connectivity index (χ2n) is 5.00. The molecule has 6 nitrogen and oxygen atoms in total. The van der Waals surface area contributed by atoms with Gasteiger partial charge in [-0.3, -0.25) is 9.59 Å². The summed E-state index contributed by atoms with van der Waals surface area (Å²) in [5.74, 6) is -2.60. The largest absolute Gasteiger partial charge is 0.481 e. The van der Waals surface area contributed by atoms with Crippen LogP contribution in [0.4, 0.5) is 0 Å². The second kappa shape index (κ2) is 9.34. The molecule has 0 aromatic carbocycles. The molecule has 20 heavy (non-hydrogen) atoms. The van der Waals surface area contributed by atoms with E-state index in [1.54, 1.807) is 6.92 Å². The molecular weight excluding hydrogens is 262 g/mol. The van der Waals surface area contributed by atoms with Crippen molar-refractivity contribution < 1.29 is 24.6 Å². The van der Waals surface area contributed by atoms with Crippen LogP contribution in [0.1, 0.15) is 52.9 Å². The fraction of sp³-hybridized carbons (Fsp3) is 0.786. The van der Waals surface area contributed by atoms with E-state index in [0.717, 1.165) is 6.42 Å². The molecule has 116 valence electrons. The normalized spacial score (nSPS) is 13.6. The number of nitrogens with zero attached hydrogens (tertiary/aromatic N) is 1. The first-order chi connectivity index (χ1) is 9.34. The number of unbranched alkanes of at least 4 members (excludes halogenated alkanes) is 1. The van der Waals surface area contributed by atoms with E-state index in [1.165, 1.54) is 4.90 Å². The van der Waals surface area contributed by atoms with Gasteiger partial charge in [0.2, 0.25) is 5.91 Å². The number of carboxylic acid groups (broad SMARTS) is 2. The molecule has 6 heteroatoms. The van der Waals surface area contributed by atoms with Gasteiger partial charge in [-0.05, 0) is 12.3 Å². The molecule has 2 atom stereocenters. The lowest BCUT2D eigenvalue weighted by atomic mass is 9.96. The molecule has 0 bridgehead atoms. The fourth-order valence-corrected chi connectivity index (χ4v) is 2.01. The maximum Gasteiger partial charge on any atom is 0.326 e. The van der Waals surface area contributed by atoms with Gasteiger partial charge in [0.15, 0.2) is 0 Å². The van der Waals surface area contributed by atoms with Crippen molar-refractivity contribution in [2.45, 2.75) is 58.9 Å². The summed E-state index contributed by atoms with van der Waals surface area (Å²) in [6.07, 6.45) is 2.14. The molecule has 0 fully saturated rings. The van der Waals surface area contributed by atoms with Gasteiger partial charge in [0.05, 0.1) is 6.42 Å². The van der Waals surface area contributed by atoms with E-state index in [-0.39, 0.29) is 31.2 Å². The Labute approximate surface area is 119 Å². The number of rotatable bonds is 10. The number of hydrogen-bond acceptors (Lipinski definition) is 3. The van der Waals surface area contributed by atoms with Gasteiger partial charge in [0, 0.05) is 13.0 Å². The van der Waals surface area contributed by atoms with Crippen LogP contribution >= 0.6 is 0 Å². The maximum atomic E-state index is 12.2. The third-order valence-electron chi connectivity index (χ3n) is 3.40. The quantitative estimate of drug-likeness (QED) is 0.640. The van der Waals surface area contributed by atoms with Crippen LogP contribution < -0.4 is 0 Å². The Morgan fingerprint density at radius 3 is 2.10 bits per heavy atom. The van der Waals surface area contributed by atoms with Gasteiger partial charge >= 0.3 is 11.9 Å². The van der Waals surface area contributed by atoms with E-state index in [0.29, 0.717) is 12.8 Å². The SMILES string of the molecule is CCCCC(=O)N(CCC(=O)O)C(C(=O)O)C(C)CC. The Hall–Kier alpha value is -1.59. The monoisotopic (exact) mass is 287 g/mol. The number of carboxylic acids is 2. The molecule has 0 heterocycles. The van der Waals surface area contributed by atoms with E-state index in [4.69, 9.17) is 5.11 Å². The third kappa shape index (κ3) is 6.04. The van der Waals surface area contributed by atoms with Crippen molar-refractivity contribution in [1.29, 1.82) is 0 Å². The maximum absolute atomic E-state index is 12.2. The van der Waals surface area contributed by atoms with Crippen LogP contribution in [-0.4, -0.2) is 45.5 Å². The zero-order chi connectivity index (χ0) is 15.7. The number of aliphatic carboxylic acids is 2. The first kappa shape index (κ1) is 18.4. The van der Waals surface area contributed by atoms with Gasteiger partial charge in [-0.15, -0.1) is 0 Å². The van der Waals surface area contributed by atoms with Gasteiger partial charge in [-0.25, -0.2) is 4.79 Å². The summed E-state index contributed by atoms with van der Waals surface area (Å²) in [7, 11) is 0. The standard InChI is InChI=1S/C14H25NO5/c1-4-6-7-11(16)15(9-8-12(17)18)13(14(19)20)10(3)5-2/h10,13H,4-9H2,1-3H3,(H,17,18)(H,19,20). The molecule has 0 saturated heterocycles. The number of amides is 1. The molecule has 0 aliphatic heterocycles. The number of carbonyl (C=O) groups excluding carboxylic acids is 1. The molecule has 1 amide bonds. The molecule has 2 N–H and O–H groups in total. The Bertz CT molecular complexity index is 342. The molecule has 0 saturated carbocycles. The lowest BCUT2D eigenvalue weighted by molar-refractivity contribution is -0.154. The molecule has 0 aliphatic rings. The van der Waals surface area contributed by atoms with Crippen molar-refractivity contribution in [3.8, 4) is 0 Å². The number of carbonyl (C=O) groups is 3. The highest BCUT2D eigenvalue weighted by Crippen LogP contribution is 2.17. The molecule has 0 rings (SSSR count). The Kier molecular flexibility index (Phi) is 8.59. The third-order valence-corrected chi connectivity index (χ3v) is 3.40. The second-order valence-corrected chi connectivity index (χ2v) is 5.00. The molecule has 2 unspecified atom stereocenters. The van der Waals surface area contributed by atoms with Crippen LogP contribution in [0.5, 0.6) is 0 Å². The first-order valence-electron chi connectivity index (χ1n) is 7.09. The minimum absolute atomic E-state index is 0.0564. The highest BCUT2D eigenvalue weighted by atomic mass is 16.4. The van der Waals surface area contributed by atoms with Gasteiger partial charge in [0.1, 0.15) is 6.04 Å². The minimum Gasteiger partial charge on any atom is -0.481 e. The predicted molar refractivity (Wildman–Crippen MR) is 74.4 cm³/mol. The fourth-order valence-electron chi connectivity index (χ4n) is 2.01. The van der Waals surface area contributed by atoms with Crippen LogP contribution in [-0.2, 0) is 14.4 Å². The average Bonchev–Trinajstić information content (AvgIpc) is 2.39. The highest BCUT2D eigenvalue weighted by Gasteiger charge is 2.33. The van der Waals surface area contributed by atoms with Gasteiger partial charge in [0.25, 0.3) is 0 Å². The summed E-state index contributed by atoms with van der Waals surface area (Å²) >= 11 is 0. The van der Waals surface area contributed by atoms with Crippen molar-refractivity contribution in [1.82, 2.24) is 4.90 Å². The average molecular weight is 287 g/mol. The van der Waals surface area contributed by atoms with E-state index in [1.807, 2.05) is 13.8 Å². The summed E-state index contributed by atoms with van der Waals surface area (Å²) in [6, 6.07) is -0.955.